The number of ether oxygens (including phenoxy) is 2. The Bertz CT molecular complexity index is 918. The second-order valence-corrected chi connectivity index (χ2v) is 9.30. The van der Waals surface area contributed by atoms with Gasteiger partial charge in [0.05, 0.1) is 13.2 Å². The van der Waals surface area contributed by atoms with Crippen LogP contribution in [0.2, 0.25) is 0 Å². The Morgan fingerprint density at radius 1 is 1.10 bits per heavy atom. The fraction of sp³-hybridized carbons (Fsp3) is 0.480. The number of hydrogen-bond donors (Lipinski definition) is 1. The number of carbonyl (C=O) groups excluding carboxylic acids is 1. The number of benzene rings is 2. The predicted molar refractivity (Wildman–Crippen MR) is 113 cm³/mol. The number of para-hydroxylation sites is 1. The summed E-state index contributed by atoms with van der Waals surface area (Å²) in [6.07, 6.45) is 3.35. The Balaban J connectivity index is 1.73. The summed E-state index contributed by atoms with van der Waals surface area (Å²) in [7, 11) is 1.60. The maximum atomic E-state index is 12.9. The summed E-state index contributed by atoms with van der Waals surface area (Å²) in [4.78, 5) is 12.9. The van der Waals surface area contributed by atoms with Crippen molar-refractivity contribution in [2.24, 2.45) is 11.3 Å². The molecule has 0 amide bonds. The number of aliphatic hydroxyl groups is 1. The fourth-order valence-electron chi connectivity index (χ4n) is 5.69. The van der Waals surface area contributed by atoms with E-state index in [1.807, 2.05) is 30.3 Å². The summed E-state index contributed by atoms with van der Waals surface area (Å²) in [6, 6.07) is 13.1. The monoisotopic (exact) mass is 394 g/mol. The highest BCUT2D eigenvalue weighted by Crippen LogP contribution is 2.57. The van der Waals surface area contributed by atoms with Crippen molar-refractivity contribution in [3.63, 3.8) is 0 Å². The van der Waals surface area contributed by atoms with E-state index in [4.69, 9.17) is 9.47 Å². The van der Waals surface area contributed by atoms with Gasteiger partial charge in [-0.25, -0.2) is 4.79 Å². The Morgan fingerprint density at radius 2 is 1.83 bits per heavy atom. The SMILES string of the molecule is COc1cc2c(cc1C(=O)Oc1ccccc1)CC[C@H]1C(C)(C)[C@@H](O)CC[C@]21C. The van der Waals surface area contributed by atoms with E-state index < -0.39 is 5.97 Å². The average molecular weight is 395 g/mol. The first kappa shape index (κ1) is 20.0. The number of methoxy groups -OCH3 is 1. The standard InChI is InChI=1S/C25H30O4/c1-24(2)21-11-10-16-14-18(23(27)29-17-8-6-5-7-9-17)20(28-4)15-19(16)25(21,3)13-12-22(24)26/h5-9,14-15,21-22,26H,10-13H2,1-4H3/t21-,22-,25+/m0/s1. The summed E-state index contributed by atoms with van der Waals surface area (Å²) in [5.41, 5.74) is 2.74. The number of carbonyl (C=O) groups is 1. The van der Waals surface area contributed by atoms with Gasteiger partial charge in [0.25, 0.3) is 0 Å². The zero-order chi connectivity index (χ0) is 20.8. The molecule has 4 nitrogen and oxygen atoms in total. The van der Waals surface area contributed by atoms with Crippen LogP contribution in [-0.4, -0.2) is 24.3 Å². The molecule has 2 aromatic carbocycles. The minimum Gasteiger partial charge on any atom is -0.496 e. The molecule has 0 aliphatic heterocycles. The van der Waals surface area contributed by atoms with Gasteiger partial charge in [0.2, 0.25) is 0 Å². The van der Waals surface area contributed by atoms with E-state index in [-0.39, 0.29) is 16.9 Å². The van der Waals surface area contributed by atoms with Crippen LogP contribution >= 0.6 is 0 Å². The van der Waals surface area contributed by atoms with Gasteiger partial charge in [0.1, 0.15) is 17.1 Å². The zero-order valence-corrected chi connectivity index (χ0v) is 17.7. The van der Waals surface area contributed by atoms with E-state index in [2.05, 4.69) is 20.8 Å². The molecule has 4 rings (SSSR count). The lowest BCUT2D eigenvalue weighted by atomic mass is 9.49. The average Bonchev–Trinajstić information content (AvgIpc) is 2.71. The molecule has 3 atom stereocenters. The van der Waals surface area contributed by atoms with Gasteiger partial charge < -0.3 is 14.6 Å². The van der Waals surface area contributed by atoms with E-state index in [9.17, 15) is 9.90 Å². The summed E-state index contributed by atoms with van der Waals surface area (Å²) < 4.78 is 11.2. The number of aliphatic hydroxyl groups excluding tert-OH is 1. The molecule has 0 unspecified atom stereocenters. The normalized spacial score (nSPS) is 27.5. The highest BCUT2D eigenvalue weighted by atomic mass is 16.5. The molecule has 0 heterocycles. The van der Waals surface area contributed by atoms with Crippen LogP contribution in [0.1, 0.15) is 61.5 Å². The van der Waals surface area contributed by atoms with Gasteiger partial charge in [-0.15, -0.1) is 0 Å². The van der Waals surface area contributed by atoms with Crippen LogP contribution in [-0.2, 0) is 11.8 Å². The van der Waals surface area contributed by atoms with Gasteiger partial charge >= 0.3 is 5.97 Å². The molecular weight excluding hydrogens is 364 g/mol. The van der Waals surface area contributed by atoms with Crippen molar-refractivity contribution in [3.8, 4) is 11.5 Å². The fourth-order valence-corrected chi connectivity index (χ4v) is 5.69. The van der Waals surface area contributed by atoms with Crippen LogP contribution in [0.5, 0.6) is 11.5 Å². The van der Waals surface area contributed by atoms with Gasteiger partial charge in [-0.2, -0.15) is 0 Å². The van der Waals surface area contributed by atoms with E-state index in [0.29, 0.717) is 23.0 Å². The molecule has 0 spiro atoms. The van der Waals surface area contributed by atoms with E-state index in [0.717, 1.165) is 25.7 Å². The van der Waals surface area contributed by atoms with Crippen LogP contribution in [0.25, 0.3) is 0 Å². The highest BCUT2D eigenvalue weighted by Gasteiger charge is 2.53. The van der Waals surface area contributed by atoms with Gasteiger partial charge in [0, 0.05) is 0 Å². The second kappa shape index (κ2) is 7.17. The molecule has 0 saturated heterocycles. The van der Waals surface area contributed by atoms with Gasteiger partial charge in [-0.05, 0) is 77.8 Å². The summed E-state index contributed by atoms with van der Waals surface area (Å²) in [5.74, 6) is 1.06. The maximum absolute atomic E-state index is 12.9. The third kappa shape index (κ3) is 3.24. The largest absolute Gasteiger partial charge is 0.496 e. The maximum Gasteiger partial charge on any atom is 0.347 e. The lowest BCUT2D eigenvalue weighted by Crippen LogP contribution is -2.53. The summed E-state index contributed by atoms with van der Waals surface area (Å²) in [5, 5.41) is 10.6. The second-order valence-electron chi connectivity index (χ2n) is 9.30. The quantitative estimate of drug-likeness (QED) is 0.593. The van der Waals surface area contributed by atoms with Crippen LogP contribution in [0.3, 0.4) is 0 Å². The van der Waals surface area contributed by atoms with Crippen LogP contribution in [0.4, 0.5) is 0 Å². The van der Waals surface area contributed by atoms with Crippen molar-refractivity contribution < 1.29 is 19.4 Å². The van der Waals surface area contributed by atoms with Gasteiger partial charge in [0.15, 0.2) is 0 Å². The molecule has 1 N–H and O–H groups in total. The number of fused-ring (bicyclic) bond motifs is 3. The Morgan fingerprint density at radius 3 is 2.52 bits per heavy atom. The Hall–Kier alpha value is -2.33. The molecule has 2 aliphatic carbocycles. The van der Waals surface area contributed by atoms with Crippen molar-refractivity contribution in [3.05, 3.63) is 59.2 Å². The third-order valence-electron chi connectivity index (χ3n) is 7.38. The van der Waals surface area contributed by atoms with Crippen LogP contribution in [0.15, 0.2) is 42.5 Å². The topological polar surface area (TPSA) is 55.8 Å². The lowest BCUT2D eigenvalue weighted by molar-refractivity contribution is -0.0731. The minimum atomic E-state index is -0.400. The molecule has 1 saturated carbocycles. The van der Waals surface area contributed by atoms with Crippen molar-refractivity contribution in [2.75, 3.05) is 7.11 Å². The van der Waals surface area contributed by atoms with Crippen molar-refractivity contribution in [2.45, 2.75) is 58.0 Å². The molecule has 0 aromatic heterocycles. The van der Waals surface area contributed by atoms with Crippen LogP contribution < -0.4 is 9.47 Å². The summed E-state index contributed by atoms with van der Waals surface area (Å²) >= 11 is 0. The van der Waals surface area contributed by atoms with Crippen molar-refractivity contribution in [1.82, 2.24) is 0 Å². The molecule has 0 bridgehead atoms. The van der Waals surface area contributed by atoms with Crippen molar-refractivity contribution >= 4 is 5.97 Å². The number of aryl methyl sites for hydroxylation is 1. The minimum absolute atomic E-state index is 0.0363. The number of esters is 1. The van der Waals surface area contributed by atoms with E-state index in [1.165, 1.54) is 11.1 Å². The van der Waals surface area contributed by atoms with E-state index >= 15 is 0 Å². The molecule has 154 valence electrons. The first-order valence-electron chi connectivity index (χ1n) is 10.4. The highest BCUT2D eigenvalue weighted by molar-refractivity contribution is 5.94. The molecule has 29 heavy (non-hydrogen) atoms. The third-order valence-corrected chi connectivity index (χ3v) is 7.38. The summed E-state index contributed by atoms with van der Waals surface area (Å²) in [6.45, 7) is 6.69. The predicted octanol–water partition coefficient (Wildman–Crippen LogP) is 4.92. The zero-order valence-electron chi connectivity index (χ0n) is 17.7. The van der Waals surface area contributed by atoms with Crippen molar-refractivity contribution in [1.29, 1.82) is 0 Å². The Labute approximate surface area is 172 Å². The van der Waals surface area contributed by atoms with Gasteiger partial charge in [-0.1, -0.05) is 39.0 Å². The van der Waals surface area contributed by atoms with Gasteiger partial charge in [-0.3, -0.25) is 0 Å². The first-order chi connectivity index (χ1) is 13.8. The molecular formula is C25H30O4. The molecule has 1 fully saturated rings. The number of hydrogen-bond acceptors (Lipinski definition) is 4. The lowest BCUT2D eigenvalue weighted by Gasteiger charge is -2.56. The number of rotatable bonds is 3. The smallest absolute Gasteiger partial charge is 0.347 e. The molecule has 4 heteroatoms. The molecule has 2 aliphatic rings. The van der Waals surface area contributed by atoms with E-state index in [1.54, 1.807) is 19.2 Å². The molecule has 0 radical (unpaired) electrons. The molecule has 2 aromatic rings. The first-order valence-corrected chi connectivity index (χ1v) is 10.4. The van der Waals surface area contributed by atoms with Crippen LogP contribution in [0, 0.1) is 11.3 Å². The Kier molecular flexibility index (Phi) is 4.94.